The van der Waals surface area contributed by atoms with E-state index in [2.05, 4.69) is 40.7 Å². The van der Waals surface area contributed by atoms with Crippen LogP contribution in [-0.4, -0.2) is 69.3 Å². The zero-order chi connectivity index (χ0) is 33.6. The van der Waals surface area contributed by atoms with E-state index in [1.54, 1.807) is 6.20 Å². The summed E-state index contributed by atoms with van der Waals surface area (Å²) in [6.07, 6.45) is 10.9. The maximum Gasteiger partial charge on any atom is 0.326 e. The smallest absolute Gasteiger partial charge is 0.326 e. The fourth-order valence-corrected chi connectivity index (χ4v) is 9.61. The molecule has 5 N–H and O–H groups in total. The number of carboxylic acid groups (broad SMARTS) is 1. The number of aromatic nitrogens is 1. The van der Waals surface area contributed by atoms with Gasteiger partial charge in [0.25, 0.3) is 5.91 Å². The number of ketones is 1. The number of nitrogens with one attached hydrogen (secondary N) is 3. The van der Waals surface area contributed by atoms with Crippen LogP contribution in [0.25, 0.3) is 10.9 Å². The molecule has 11 heteroatoms. The van der Waals surface area contributed by atoms with Gasteiger partial charge in [-0.3, -0.25) is 14.4 Å². The van der Waals surface area contributed by atoms with E-state index in [4.69, 9.17) is 4.84 Å². The second-order valence-electron chi connectivity index (χ2n) is 14.6. The lowest BCUT2D eigenvalue weighted by atomic mass is 9.46. The number of oxime groups is 1. The third kappa shape index (κ3) is 5.87. The molecule has 6 rings (SSSR count). The number of carbonyl (C=O) groups is 4. The molecule has 0 radical (unpaired) electrons. The van der Waals surface area contributed by atoms with Gasteiger partial charge in [-0.25, -0.2) is 4.79 Å². The maximum absolute atomic E-state index is 12.5. The summed E-state index contributed by atoms with van der Waals surface area (Å²) in [5.74, 6) is -1.08. The van der Waals surface area contributed by atoms with Crippen LogP contribution in [0.4, 0.5) is 0 Å². The van der Waals surface area contributed by atoms with Gasteiger partial charge in [-0.15, -0.1) is 0 Å². The molecule has 1 heterocycles. The lowest BCUT2D eigenvalue weighted by Crippen LogP contribution is -2.57. The van der Waals surface area contributed by atoms with Crippen LogP contribution in [0.15, 0.2) is 47.3 Å². The molecular weight excluding hydrogens is 600 g/mol. The van der Waals surface area contributed by atoms with Gasteiger partial charge < -0.3 is 30.7 Å². The zero-order valence-electron chi connectivity index (χ0n) is 27.4. The predicted molar refractivity (Wildman–Crippen MR) is 175 cm³/mol. The monoisotopic (exact) mass is 646 g/mol. The fraction of sp³-hybridized carbons (Fsp3) is 0.583. The van der Waals surface area contributed by atoms with Crippen molar-refractivity contribution in [2.45, 2.75) is 90.2 Å². The molecule has 0 spiro atoms. The molecule has 4 aliphatic carbocycles. The van der Waals surface area contributed by atoms with Gasteiger partial charge >= 0.3 is 5.97 Å². The number of nitrogens with zero attached hydrogens (tertiary/aromatic N) is 1. The van der Waals surface area contributed by atoms with E-state index in [0.717, 1.165) is 67.1 Å². The first-order valence-corrected chi connectivity index (χ1v) is 16.8. The largest absolute Gasteiger partial charge is 0.480 e. The van der Waals surface area contributed by atoms with Crippen molar-refractivity contribution in [1.29, 1.82) is 0 Å². The average molecular weight is 647 g/mol. The van der Waals surface area contributed by atoms with Gasteiger partial charge in [0.1, 0.15) is 11.6 Å². The molecule has 2 aromatic rings. The van der Waals surface area contributed by atoms with Crippen molar-refractivity contribution in [3.63, 3.8) is 0 Å². The number of H-pyrrole nitrogens is 1. The number of carboxylic acids is 1. The van der Waals surface area contributed by atoms with Crippen molar-refractivity contribution in [3.8, 4) is 0 Å². The summed E-state index contributed by atoms with van der Waals surface area (Å²) >= 11 is 0. The Bertz CT molecular complexity index is 1650. The SMILES string of the molecule is CC(=O)[C@@]1(O)CC[C@@H]2[C@@H]3CCC4=C/C(=N/OCC(=O)NCC(=O)N[C@@H](Cc5c[nH]c6ccccc56)C(=O)O)CC[C@]4(C)[C@@H]3CC[C@@]21C. The molecule has 1 aromatic heterocycles. The molecule has 3 saturated carbocycles. The number of aromatic amines is 1. The molecule has 0 unspecified atom stereocenters. The van der Waals surface area contributed by atoms with Gasteiger partial charge in [0, 0.05) is 28.9 Å². The molecule has 1 aromatic carbocycles. The summed E-state index contributed by atoms with van der Waals surface area (Å²) in [4.78, 5) is 57.7. The summed E-state index contributed by atoms with van der Waals surface area (Å²) in [5.41, 5.74) is 2.27. The van der Waals surface area contributed by atoms with Crippen molar-refractivity contribution in [2.24, 2.45) is 33.7 Å². The van der Waals surface area contributed by atoms with Crippen LogP contribution in [0.2, 0.25) is 0 Å². The standard InChI is InChI=1S/C36H46N4O7/c1-21(41)36(46)15-12-28-26-9-8-23-17-24(10-13-34(23,2)27(26)11-14-35(28,36)3)40-47-20-32(43)38-19-31(42)39-30(33(44)45)16-22-18-37-29-7-5-4-6-25(22)29/h4-7,17-18,26-28,30,37,46H,8-16,19-20H2,1-3H3,(H,38,43)(H,39,42)(H,44,45)/b40-24+/t26-,27-,28-,30+,34+,35+,36+/m1/s1. The number of fused-ring (bicyclic) bond motifs is 6. The van der Waals surface area contributed by atoms with E-state index in [1.165, 1.54) is 12.5 Å². The summed E-state index contributed by atoms with van der Waals surface area (Å²) in [6, 6.07) is 6.37. The number of carbonyl (C=O) groups excluding carboxylic acids is 3. The van der Waals surface area contributed by atoms with Crippen molar-refractivity contribution in [3.05, 3.63) is 47.7 Å². The van der Waals surface area contributed by atoms with Crippen molar-refractivity contribution in [1.82, 2.24) is 15.6 Å². The molecule has 3 fully saturated rings. The van der Waals surface area contributed by atoms with E-state index in [0.29, 0.717) is 24.2 Å². The minimum atomic E-state index is -1.21. The number of hydrogen-bond donors (Lipinski definition) is 5. The molecule has 11 nitrogen and oxygen atoms in total. The van der Waals surface area contributed by atoms with Crippen LogP contribution in [0.1, 0.15) is 77.7 Å². The van der Waals surface area contributed by atoms with Crippen molar-refractivity contribution in [2.75, 3.05) is 13.2 Å². The minimum Gasteiger partial charge on any atom is -0.480 e. The van der Waals surface area contributed by atoms with Crippen LogP contribution in [-0.2, 0) is 30.4 Å². The summed E-state index contributed by atoms with van der Waals surface area (Å²) in [5, 5.41) is 31.1. The molecule has 47 heavy (non-hydrogen) atoms. The van der Waals surface area contributed by atoms with Crippen LogP contribution in [0.5, 0.6) is 0 Å². The van der Waals surface area contributed by atoms with Gasteiger partial charge in [0.2, 0.25) is 5.91 Å². The third-order valence-corrected chi connectivity index (χ3v) is 12.3. The summed E-state index contributed by atoms with van der Waals surface area (Å²) in [7, 11) is 0. The Morgan fingerprint density at radius 3 is 2.57 bits per heavy atom. The Kier molecular flexibility index (Phi) is 8.80. The quantitative estimate of drug-likeness (QED) is 0.243. The number of aliphatic hydroxyl groups is 1. The van der Waals surface area contributed by atoms with Gasteiger partial charge in [-0.2, -0.15) is 0 Å². The van der Waals surface area contributed by atoms with E-state index < -0.39 is 29.4 Å². The number of aliphatic carboxylic acids is 1. The van der Waals surface area contributed by atoms with E-state index in [1.807, 2.05) is 24.3 Å². The number of allylic oxidation sites excluding steroid dienone is 2. The number of hydrogen-bond acceptors (Lipinski definition) is 7. The number of Topliss-reactive ketones (excluding diaryl/α,β-unsaturated/α-hetero) is 1. The van der Waals surface area contributed by atoms with Crippen molar-refractivity contribution >= 4 is 40.2 Å². The lowest BCUT2D eigenvalue weighted by molar-refractivity contribution is -0.159. The molecule has 0 bridgehead atoms. The van der Waals surface area contributed by atoms with Crippen molar-refractivity contribution < 1.29 is 34.2 Å². The first-order valence-electron chi connectivity index (χ1n) is 16.8. The third-order valence-electron chi connectivity index (χ3n) is 12.3. The van der Waals surface area contributed by atoms with Gasteiger partial charge in [0.15, 0.2) is 12.4 Å². The van der Waals surface area contributed by atoms with Gasteiger partial charge in [-0.1, -0.05) is 42.8 Å². The highest BCUT2D eigenvalue weighted by Crippen LogP contribution is 2.67. The lowest BCUT2D eigenvalue weighted by Gasteiger charge is -2.59. The zero-order valence-corrected chi connectivity index (χ0v) is 27.4. The molecular formula is C36H46N4O7. The van der Waals surface area contributed by atoms with Crippen LogP contribution < -0.4 is 10.6 Å². The number of amides is 2. The highest BCUT2D eigenvalue weighted by atomic mass is 16.6. The second-order valence-corrected chi connectivity index (χ2v) is 14.6. The predicted octanol–water partition coefficient (Wildman–Crippen LogP) is 4.05. The molecule has 7 atom stereocenters. The topological polar surface area (TPSA) is 170 Å². The molecule has 4 aliphatic rings. The average Bonchev–Trinajstić information content (AvgIpc) is 3.58. The summed E-state index contributed by atoms with van der Waals surface area (Å²) < 4.78 is 0. The maximum atomic E-state index is 12.5. The Morgan fingerprint density at radius 1 is 1.04 bits per heavy atom. The van der Waals surface area contributed by atoms with Gasteiger partial charge in [-0.05, 0) is 99.2 Å². The van der Waals surface area contributed by atoms with Crippen LogP contribution in [0.3, 0.4) is 0 Å². The number of para-hydroxylation sites is 1. The van der Waals surface area contributed by atoms with E-state index >= 15 is 0 Å². The van der Waals surface area contributed by atoms with E-state index in [-0.39, 0.29) is 36.2 Å². The number of benzene rings is 1. The normalized spacial score (nSPS) is 32.8. The van der Waals surface area contributed by atoms with Crippen LogP contribution in [0, 0.1) is 28.6 Å². The molecule has 2 amide bonds. The second kappa shape index (κ2) is 12.6. The number of rotatable bonds is 10. The Balaban J connectivity index is 0.991. The van der Waals surface area contributed by atoms with Crippen LogP contribution >= 0.6 is 0 Å². The first-order chi connectivity index (χ1) is 22.4. The Morgan fingerprint density at radius 2 is 1.81 bits per heavy atom. The highest BCUT2D eigenvalue weighted by molar-refractivity contribution is 5.96. The Labute approximate surface area is 274 Å². The highest BCUT2D eigenvalue weighted by Gasteiger charge is 2.65. The van der Waals surface area contributed by atoms with Gasteiger partial charge in [0.05, 0.1) is 12.3 Å². The summed E-state index contributed by atoms with van der Waals surface area (Å²) in [6.45, 7) is 5.29. The molecule has 0 aliphatic heterocycles. The molecule has 252 valence electrons. The molecule has 0 saturated heterocycles. The Hall–Kier alpha value is -3.99. The minimum absolute atomic E-state index is 0.0347. The first kappa shape index (κ1) is 32.9. The van der Waals surface area contributed by atoms with E-state index in [9.17, 15) is 29.4 Å². The fourth-order valence-electron chi connectivity index (χ4n) is 9.61.